The van der Waals surface area contributed by atoms with Gasteiger partial charge in [-0.1, -0.05) is 30.3 Å². The molecule has 3 N–H and O–H groups in total. The monoisotopic (exact) mass is 352 g/mol. The molecule has 0 aromatic heterocycles. The van der Waals surface area contributed by atoms with E-state index in [4.69, 9.17) is 9.84 Å². The second-order valence-corrected chi connectivity index (χ2v) is 4.88. The van der Waals surface area contributed by atoms with Crippen molar-refractivity contribution in [2.24, 2.45) is 0 Å². The topological polar surface area (TPSA) is 131 Å². The molecule has 1 aromatic carbocycles. The number of alkyl carbamates (subject to hydrolysis) is 1. The van der Waals surface area contributed by atoms with E-state index in [1.165, 1.54) is 0 Å². The van der Waals surface area contributed by atoms with Gasteiger partial charge in [-0.25, -0.2) is 9.59 Å². The predicted octanol–water partition coefficient (Wildman–Crippen LogP) is 0.435. The minimum atomic E-state index is -1.44. The zero-order valence-electron chi connectivity index (χ0n) is 13.7. The van der Waals surface area contributed by atoms with Gasteiger partial charge in [0, 0.05) is 0 Å². The van der Waals surface area contributed by atoms with E-state index in [9.17, 15) is 19.2 Å². The van der Waals surface area contributed by atoms with Gasteiger partial charge in [-0.2, -0.15) is 0 Å². The average Bonchev–Trinajstić information content (AvgIpc) is 2.58. The standard InChI is InChI=1S/C16H20N2O7/c1-2-24-14(20)8-12(15(21)22)18-13(19)9-17-16(23)25-10-11-6-4-3-5-7-11/h3-7,12H,2,8-10H2,1H3,(H,17,23)(H,18,19)(H,21,22)/t12-/m1/s1. The van der Waals surface area contributed by atoms with Crippen LogP contribution in [0.5, 0.6) is 0 Å². The number of carbonyl (C=O) groups excluding carboxylic acids is 3. The molecule has 0 bridgehead atoms. The summed E-state index contributed by atoms with van der Waals surface area (Å²) in [6.45, 7) is 1.24. The number of rotatable bonds is 9. The van der Waals surface area contributed by atoms with Gasteiger partial charge < -0.3 is 25.2 Å². The van der Waals surface area contributed by atoms with E-state index >= 15 is 0 Å². The van der Waals surface area contributed by atoms with Crippen LogP contribution in [0, 0.1) is 0 Å². The van der Waals surface area contributed by atoms with Crippen LogP contribution in [0.15, 0.2) is 30.3 Å². The molecule has 0 saturated carbocycles. The summed E-state index contributed by atoms with van der Waals surface area (Å²) in [7, 11) is 0. The summed E-state index contributed by atoms with van der Waals surface area (Å²) in [5.74, 6) is -2.90. The van der Waals surface area contributed by atoms with Crippen molar-refractivity contribution in [2.75, 3.05) is 13.2 Å². The van der Waals surface area contributed by atoms with Crippen LogP contribution >= 0.6 is 0 Å². The van der Waals surface area contributed by atoms with Gasteiger partial charge in [-0.15, -0.1) is 0 Å². The molecule has 0 saturated heterocycles. The van der Waals surface area contributed by atoms with Crippen LogP contribution < -0.4 is 10.6 Å². The maximum atomic E-state index is 11.7. The molecule has 136 valence electrons. The number of esters is 1. The summed E-state index contributed by atoms with van der Waals surface area (Å²) >= 11 is 0. The number of carbonyl (C=O) groups is 4. The van der Waals surface area contributed by atoms with Gasteiger partial charge in [-0.3, -0.25) is 9.59 Å². The molecule has 9 nitrogen and oxygen atoms in total. The number of benzene rings is 1. The highest BCUT2D eigenvalue weighted by Gasteiger charge is 2.24. The highest BCUT2D eigenvalue weighted by molar-refractivity contribution is 5.89. The first-order valence-electron chi connectivity index (χ1n) is 7.54. The Morgan fingerprint density at radius 1 is 1.12 bits per heavy atom. The molecule has 2 amide bonds. The van der Waals surface area contributed by atoms with Crippen LogP contribution in [0.2, 0.25) is 0 Å². The molecule has 0 heterocycles. The Bertz CT molecular complexity index is 604. The van der Waals surface area contributed by atoms with E-state index < -0.39 is 42.9 Å². The number of aliphatic carboxylic acids is 1. The molecule has 0 spiro atoms. The Labute approximate surface area is 144 Å². The third-order valence-electron chi connectivity index (χ3n) is 2.92. The number of hydrogen-bond acceptors (Lipinski definition) is 6. The first-order valence-corrected chi connectivity index (χ1v) is 7.54. The highest BCUT2D eigenvalue weighted by atomic mass is 16.5. The molecule has 9 heteroatoms. The molecule has 0 aliphatic heterocycles. The number of ether oxygens (including phenoxy) is 2. The van der Waals surface area contributed by atoms with Crippen LogP contribution in [0.3, 0.4) is 0 Å². The van der Waals surface area contributed by atoms with Crippen molar-refractivity contribution in [1.29, 1.82) is 0 Å². The number of carboxylic acids is 1. The van der Waals surface area contributed by atoms with Gasteiger partial charge >= 0.3 is 18.0 Å². The molecular weight excluding hydrogens is 332 g/mol. The minimum absolute atomic E-state index is 0.0366. The van der Waals surface area contributed by atoms with Crippen molar-refractivity contribution in [3.8, 4) is 0 Å². The zero-order chi connectivity index (χ0) is 18.7. The third-order valence-corrected chi connectivity index (χ3v) is 2.92. The maximum Gasteiger partial charge on any atom is 0.407 e. The van der Waals surface area contributed by atoms with E-state index in [-0.39, 0.29) is 13.2 Å². The Hall–Kier alpha value is -3.10. The third kappa shape index (κ3) is 8.35. The van der Waals surface area contributed by atoms with Crippen LogP contribution in [0.25, 0.3) is 0 Å². The number of nitrogens with one attached hydrogen (secondary N) is 2. The lowest BCUT2D eigenvalue weighted by molar-refractivity contribution is -0.150. The molecule has 0 fully saturated rings. The predicted molar refractivity (Wildman–Crippen MR) is 85.4 cm³/mol. The molecule has 1 aromatic rings. The molecule has 1 rings (SSSR count). The number of amides is 2. The van der Waals surface area contributed by atoms with Crippen LogP contribution in [0.1, 0.15) is 18.9 Å². The average molecular weight is 352 g/mol. The molecule has 0 aliphatic carbocycles. The highest BCUT2D eigenvalue weighted by Crippen LogP contribution is 2.00. The molecule has 0 radical (unpaired) electrons. The van der Waals surface area contributed by atoms with Crippen molar-refractivity contribution >= 4 is 23.9 Å². The van der Waals surface area contributed by atoms with Crippen molar-refractivity contribution < 1.29 is 33.8 Å². The zero-order valence-corrected chi connectivity index (χ0v) is 13.7. The SMILES string of the molecule is CCOC(=O)C[C@@H](NC(=O)CNC(=O)OCc1ccccc1)C(=O)O. The minimum Gasteiger partial charge on any atom is -0.480 e. The smallest absolute Gasteiger partial charge is 0.407 e. The molecule has 0 aliphatic rings. The van der Waals surface area contributed by atoms with Gasteiger partial charge in [0.05, 0.1) is 13.0 Å². The molecular formula is C16H20N2O7. The summed E-state index contributed by atoms with van der Waals surface area (Å²) in [6.07, 6.45) is -1.33. The van der Waals surface area contributed by atoms with E-state index in [0.717, 1.165) is 5.56 Å². The van der Waals surface area contributed by atoms with Gasteiger partial charge in [0.2, 0.25) is 5.91 Å². The van der Waals surface area contributed by atoms with Crippen LogP contribution in [-0.2, 0) is 30.5 Å². The van der Waals surface area contributed by atoms with Crippen molar-refractivity contribution in [3.63, 3.8) is 0 Å². The lowest BCUT2D eigenvalue weighted by Crippen LogP contribution is -2.46. The van der Waals surface area contributed by atoms with Gasteiger partial charge in [0.15, 0.2) is 0 Å². The summed E-state index contributed by atoms with van der Waals surface area (Å²) < 4.78 is 9.54. The lowest BCUT2D eigenvalue weighted by atomic mass is 10.2. The second-order valence-electron chi connectivity index (χ2n) is 4.88. The fourth-order valence-electron chi connectivity index (χ4n) is 1.76. The van der Waals surface area contributed by atoms with Crippen molar-refractivity contribution in [1.82, 2.24) is 10.6 Å². The van der Waals surface area contributed by atoms with E-state index in [1.54, 1.807) is 31.2 Å². The fraction of sp³-hybridized carbons (Fsp3) is 0.375. The van der Waals surface area contributed by atoms with Crippen LogP contribution in [-0.4, -0.2) is 48.2 Å². The Morgan fingerprint density at radius 2 is 1.80 bits per heavy atom. The summed E-state index contributed by atoms with van der Waals surface area (Å²) in [4.78, 5) is 45.5. The molecule has 1 atom stereocenters. The summed E-state index contributed by atoms with van der Waals surface area (Å²) in [5.41, 5.74) is 0.780. The van der Waals surface area contributed by atoms with Gasteiger partial charge in [0.25, 0.3) is 0 Å². The summed E-state index contributed by atoms with van der Waals surface area (Å²) in [5, 5.41) is 13.3. The fourth-order valence-corrected chi connectivity index (χ4v) is 1.76. The summed E-state index contributed by atoms with van der Waals surface area (Å²) in [6, 6.07) is 7.51. The lowest BCUT2D eigenvalue weighted by Gasteiger charge is -2.14. The first kappa shape index (κ1) is 19.9. The van der Waals surface area contributed by atoms with E-state index in [1.807, 2.05) is 6.07 Å². The normalized spacial score (nSPS) is 11.1. The van der Waals surface area contributed by atoms with Crippen LogP contribution in [0.4, 0.5) is 4.79 Å². The number of carboxylic acid groups (broad SMARTS) is 1. The van der Waals surface area contributed by atoms with E-state index in [2.05, 4.69) is 15.4 Å². The second kappa shape index (κ2) is 10.6. The van der Waals surface area contributed by atoms with Gasteiger partial charge in [-0.05, 0) is 12.5 Å². The molecule has 25 heavy (non-hydrogen) atoms. The largest absolute Gasteiger partial charge is 0.480 e. The maximum absolute atomic E-state index is 11.7. The Morgan fingerprint density at radius 3 is 2.40 bits per heavy atom. The van der Waals surface area contributed by atoms with Crippen molar-refractivity contribution in [2.45, 2.75) is 26.0 Å². The van der Waals surface area contributed by atoms with Crippen molar-refractivity contribution in [3.05, 3.63) is 35.9 Å². The van der Waals surface area contributed by atoms with E-state index in [0.29, 0.717) is 0 Å². The Balaban J connectivity index is 2.34. The molecule has 0 unspecified atom stereocenters. The number of hydrogen-bond donors (Lipinski definition) is 3. The quantitative estimate of drug-likeness (QED) is 0.549. The Kier molecular flexibility index (Phi) is 8.48. The van der Waals surface area contributed by atoms with Gasteiger partial charge in [0.1, 0.15) is 19.2 Å². The first-order chi connectivity index (χ1) is 11.9.